The standard InChI is InChI=1S/C8H14N2O.W/c1-4-10-7(2)5-6-8(11)9-3;/h5,10H,4H2,1-3H3,(H,9,11);. The monoisotopic (exact) mass is 338 g/mol. The SMILES string of the molecule is CCNC(C)=C[C](=[W])C(=O)NC. The first kappa shape index (κ1) is 11.6. The molecule has 3 nitrogen and oxygen atoms in total. The van der Waals surface area contributed by atoms with Gasteiger partial charge in [-0.2, -0.15) is 0 Å². The summed E-state index contributed by atoms with van der Waals surface area (Å²) in [5.74, 6) is 0.00209. The summed E-state index contributed by atoms with van der Waals surface area (Å²) >= 11 is 1.18. The molecule has 0 fully saturated rings. The minimum atomic E-state index is 0.00209. The van der Waals surface area contributed by atoms with Gasteiger partial charge in [-0.05, 0) is 0 Å². The Hall–Kier alpha value is -0.432. The van der Waals surface area contributed by atoms with Gasteiger partial charge >= 0.3 is 83.8 Å². The van der Waals surface area contributed by atoms with Crippen molar-refractivity contribution in [2.24, 2.45) is 0 Å². The van der Waals surface area contributed by atoms with Crippen LogP contribution in [0.25, 0.3) is 0 Å². The Morgan fingerprint density at radius 3 is 2.58 bits per heavy atom. The van der Waals surface area contributed by atoms with E-state index in [9.17, 15) is 4.79 Å². The Balaban J connectivity index is 4.13. The molecule has 0 aliphatic heterocycles. The molecule has 0 aromatic carbocycles. The molecule has 0 atom stereocenters. The van der Waals surface area contributed by atoms with Gasteiger partial charge in [0.1, 0.15) is 0 Å². The summed E-state index contributed by atoms with van der Waals surface area (Å²) < 4.78 is 0.802. The molecule has 0 rings (SSSR count). The van der Waals surface area contributed by atoms with Crippen molar-refractivity contribution in [2.75, 3.05) is 13.6 Å². The molecule has 0 spiro atoms. The fraction of sp³-hybridized carbons (Fsp3) is 0.500. The molecule has 0 saturated heterocycles. The normalized spacial score (nSPS) is 10.8. The van der Waals surface area contributed by atoms with Crippen LogP contribution in [0.15, 0.2) is 11.8 Å². The first-order valence-electron chi connectivity index (χ1n) is 3.80. The molecule has 2 N–H and O–H groups in total. The average Bonchev–Trinajstić information content (AvgIpc) is 2.03. The molecule has 0 aliphatic carbocycles. The maximum atomic E-state index is 11.1. The summed E-state index contributed by atoms with van der Waals surface area (Å²) in [4.78, 5) is 11.1. The number of rotatable bonds is 4. The molecule has 0 unspecified atom stereocenters. The van der Waals surface area contributed by atoms with E-state index in [1.165, 1.54) is 19.4 Å². The summed E-state index contributed by atoms with van der Waals surface area (Å²) in [5.41, 5.74) is 1.03. The van der Waals surface area contributed by atoms with Crippen LogP contribution in [-0.2, 0) is 24.1 Å². The molecule has 0 saturated carbocycles. The van der Waals surface area contributed by atoms with Crippen LogP contribution < -0.4 is 10.6 Å². The predicted molar refractivity (Wildman–Crippen MR) is 46.5 cm³/mol. The summed E-state index contributed by atoms with van der Waals surface area (Å²) in [5, 5.41) is 5.71. The summed E-state index contributed by atoms with van der Waals surface area (Å²) in [7, 11) is 1.64. The van der Waals surface area contributed by atoms with Crippen LogP contribution in [0.4, 0.5) is 0 Å². The Morgan fingerprint density at radius 1 is 1.58 bits per heavy atom. The van der Waals surface area contributed by atoms with Crippen molar-refractivity contribution in [3.8, 4) is 0 Å². The number of amides is 1. The number of carbonyl (C=O) groups is 1. The molecule has 0 bridgehead atoms. The number of hydrogen-bond donors (Lipinski definition) is 2. The molecule has 0 radical (unpaired) electrons. The zero-order valence-electron chi connectivity index (χ0n) is 7.60. The van der Waals surface area contributed by atoms with Crippen molar-refractivity contribution in [1.82, 2.24) is 10.6 Å². The van der Waals surface area contributed by atoms with E-state index in [1.54, 1.807) is 7.05 Å². The summed E-state index contributed by atoms with van der Waals surface area (Å²) in [6.45, 7) is 4.87. The van der Waals surface area contributed by atoms with Crippen LogP contribution in [0.1, 0.15) is 13.8 Å². The van der Waals surface area contributed by atoms with Gasteiger partial charge in [0.05, 0.1) is 0 Å². The van der Waals surface area contributed by atoms with Crippen molar-refractivity contribution < 1.29 is 24.1 Å². The molecule has 0 aromatic heterocycles. The van der Waals surface area contributed by atoms with Gasteiger partial charge in [-0.15, -0.1) is 0 Å². The molecule has 12 heavy (non-hydrogen) atoms. The maximum absolute atomic E-state index is 11.1. The topological polar surface area (TPSA) is 41.1 Å². The molecular weight excluding hydrogens is 324 g/mol. The predicted octanol–water partition coefficient (Wildman–Crippen LogP) is -0.0351. The van der Waals surface area contributed by atoms with E-state index in [2.05, 4.69) is 10.6 Å². The fourth-order valence-corrected chi connectivity index (χ4v) is 1.72. The van der Waals surface area contributed by atoms with Crippen molar-refractivity contribution in [3.63, 3.8) is 0 Å². The number of hydrogen-bond acceptors (Lipinski definition) is 2. The molecule has 68 valence electrons. The van der Waals surface area contributed by atoms with E-state index in [4.69, 9.17) is 0 Å². The van der Waals surface area contributed by atoms with Gasteiger partial charge < -0.3 is 0 Å². The fourth-order valence-electron chi connectivity index (χ4n) is 0.715. The van der Waals surface area contributed by atoms with Gasteiger partial charge in [-0.25, -0.2) is 0 Å². The van der Waals surface area contributed by atoms with E-state index >= 15 is 0 Å². The number of allylic oxidation sites excluding steroid dienone is 1. The van der Waals surface area contributed by atoms with E-state index in [-0.39, 0.29) is 5.91 Å². The molecule has 1 amide bonds. The van der Waals surface area contributed by atoms with Crippen LogP contribution in [0.3, 0.4) is 0 Å². The number of carbonyl (C=O) groups excluding carboxylic acids is 1. The number of nitrogens with one attached hydrogen (secondary N) is 2. The second kappa shape index (κ2) is 6.13. The third-order valence-electron chi connectivity index (χ3n) is 1.25. The molecule has 0 aromatic rings. The van der Waals surface area contributed by atoms with Crippen molar-refractivity contribution in [3.05, 3.63) is 11.8 Å². The third-order valence-corrected chi connectivity index (χ3v) is 2.34. The Kier molecular flexibility index (Phi) is 5.90. The minimum absolute atomic E-state index is 0.00209. The summed E-state index contributed by atoms with van der Waals surface area (Å²) in [6.07, 6.45) is 1.87. The van der Waals surface area contributed by atoms with E-state index in [0.29, 0.717) is 0 Å². The van der Waals surface area contributed by atoms with Crippen molar-refractivity contribution >= 4 is 9.81 Å². The first-order chi connectivity index (χ1) is 5.61. The van der Waals surface area contributed by atoms with Gasteiger partial charge in [-0.1, -0.05) is 0 Å². The van der Waals surface area contributed by atoms with Crippen LogP contribution >= 0.6 is 0 Å². The van der Waals surface area contributed by atoms with Crippen LogP contribution in [-0.4, -0.2) is 23.4 Å². The average molecular weight is 338 g/mol. The zero-order chi connectivity index (χ0) is 9.56. The molecular formula is C8H14N2OW. The first-order valence-corrected chi connectivity index (χ1v) is 5.26. The molecule has 0 aliphatic rings. The Labute approximate surface area is 84.0 Å². The van der Waals surface area contributed by atoms with E-state index in [1.807, 2.05) is 19.9 Å². The molecule has 0 heterocycles. The van der Waals surface area contributed by atoms with Gasteiger partial charge in [-0.3, -0.25) is 0 Å². The van der Waals surface area contributed by atoms with Crippen molar-refractivity contribution in [1.29, 1.82) is 0 Å². The van der Waals surface area contributed by atoms with Crippen LogP contribution in [0, 0.1) is 0 Å². The zero-order valence-corrected chi connectivity index (χ0v) is 10.5. The van der Waals surface area contributed by atoms with Gasteiger partial charge in [0.25, 0.3) is 0 Å². The van der Waals surface area contributed by atoms with Crippen LogP contribution in [0.5, 0.6) is 0 Å². The quantitative estimate of drug-likeness (QED) is 0.756. The molecule has 4 heteroatoms. The van der Waals surface area contributed by atoms with Crippen molar-refractivity contribution in [2.45, 2.75) is 13.8 Å². The third kappa shape index (κ3) is 4.45. The van der Waals surface area contributed by atoms with E-state index in [0.717, 1.165) is 16.1 Å². The summed E-state index contributed by atoms with van der Waals surface area (Å²) in [6, 6.07) is 0. The van der Waals surface area contributed by atoms with Crippen LogP contribution in [0.2, 0.25) is 0 Å². The second-order valence-electron chi connectivity index (χ2n) is 2.30. The Morgan fingerprint density at radius 2 is 2.17 bits per heavy atom. The second-order valence-corrected chi connectivity index (χ2v) is 3.88. The Bertz CT molecular complexity index is 211. The van der Waals surface area contributed by atoms with E-state index < -0.39 is 0 Å². The van der Waals surface area contributed by atoms with Gasteiger partial charge in [0, 0.05) is 0 Å². The van der Waals surface area contributed by atoms with Gasteiger partial charge in [0.15, 0.2) is 0 Å². The van der Waals surface area contributed by atoms with Gasteiger partial charge in [0.2, 0.25) is 0 Å².